The molecule has 1 radical (unpaired) electrons. The normalized spacial score (nSPS) is 11.6. The molecule has 0 amide bonds. The fourth-order valence-electron chi connectivity index (χ4n) is 7.44. The average molecular weight is 692 g/mol. The molecule has 0 aliphatic heterocycles. The van der Waals surface area contributed by atoms with Crippen LogP contribution in [0.2, 0.25) is 0 Å². The van der Waals surface area contributed by atoms with E-state index in [9.17, 15) is 0 Å². The molecule has 0 aliphatic rings. The summed E-state index contributed by atoms with van der Waals surface area (Å²) in [6.07, 6.45) is 63.2. The zero-order chi connectivity index (χ0) is 34.5. The van der Waals surface area contributed by atoms with E-state index >= 15 is 0 Å². The van der Waals surface area contributed by atoms with Crippen molar-refractivity contribution in [3.8, 4) is 0 Å². The van der Waals surface area contributed by atoms with Gasteiger partial charge in [0.05, 0.1) is 0 Å². The lowest BCUT2D eigenvalue weighted by molar-refractivity contribution is 0.516. The Morgan fingerprint density at radius 3 is 0.646 bits per heavy atom. The first-order valence-corrected chi connectivity index (χ1v) is 24.4. The monoisotopic (exact) mass is 692 g/mol. The van der Waals surface area contributed by atoms with Gasteiger partial charge in [0, 0.05) is 5.75 Å². The van der Waals surface area contributed by atoms with Gasteiger partial charge in [-0.05, 0) is 18.6 Å². The Balaban J connectivity index is 3.04. The molecule has 48 heavy (non-hydrogen) atoms. The average Bonchev–Trinajstić information content (AvgIpc) is 3.10. The second-order valence-corrected chi connectivity index (χ2v) is 17.0. The third-order valence-corrected chi connectivity index (χ3v) is 11.9. The van der Waals surface area contributed by atoms with Gasteiger partial charge in [-0.3, -0.25) is 0 Å². The molecule has 0 heterocycles. The van der Waals surface area contributed by atoms with Crippen molar-refractivity contribution in [2.45, 2.75) is 290 Å². The molecule has 0 aliphatic carbocycles. The van der Waals surface area contributed by atoms with E-state index in [0.29, 0.717) is 0 Å². The number of rotatable bonds is 45. The SMILES string of the molecule is CCCCCCCCCCCCCCCCCCCCCCCCCCC[CH]SCCCCCCCCCCCCCCCCCCC. The minimum absolute atomic E-state index is 1.34. The van der Waals surface area contributed by atoms with Crippen LogP contribution in [0.15, 0.2) is 0 Å². The summed E-state index contributed by atoms with van der Waals surface area (Å²) in [5, 5.41) is 0. The Morgan fingerprint density at radius 2 is 0.417 bits per heavy atom. The lowest BCUT2D eigenvalue weighted by atomic mass is 10.0. The lowest BCUT2D eigenvalue weighted by Crippen LogP contribution is -1.85. The summed E-state index contributed by atoms with van der Waals surface area (Å²) < 4.78 is 0. The molecule has 1 heteroatoms. The standard InChI is InChI=1S/C47H95S/c1-3-5-7-9-11-13-15-17-19-21-22-23-24-25-26-27-28-29-31-33-35-37-39-41-43-45-47-48-46-44-42-40-38-36-34-32-30-20-18-16-14-12-10-8-6-4-2/h47H,3-46H2,1-2H3. The van der Waals surface area contributed by atoms with E-state index in [2.05, 4.69) is 31.4 Å². The van der Waals surface area contributed by atoms with Gasteiger partial charge in [0.2, 0.25) is 0 Å². The molecule has 0 spiro atoms. The van der Waals surface area contributed by atoms with Gasteiger partial charge in [0.15, 0.2) is 0 Å². The minimum Gasteiger partial charge on any atom is -0.157 e. The predicted octanol–water partition coefficient (Wildman–Crippen LogP) is 18.7. The first-order chi connectivity index (χ1) is 23.9. The fourth-order valence-corrected chi connectivity index (χ4v) is 8.31. The van der Waals surface area contributed by atoms with Crippen molar-refractivity contribution in [3.05, 3.63) is 5.75 Å². The van der Waals surface area contributed by atoms with Crippen LogP contribution in [0.25, 0.3) is 0 Å². The largest absolute Gasteiger partial charge is 0.157 e. The van der Waals surface area contributed by atoms with E-state index in [1.54, 1.807) is 0 Å². The van der Waals surface area contributed by atoms with E-state index in [1.807, 2.05) is 0 Å². The highest BCUT2D eigenvalue weighted by Gasteiger charge is 1.98. The van der Waals surface area contributed by atoms with Crippen molar-refractivity contribution >= 4 is 11.8 Å². The quantitative estimate of drug-likeness (QED) is 0.0573. The van der Waals surface area contributed by atoms with Gasteiger partial charge in [-0.1, -0.05) is 277 Å². The molecule has 0 unspecified atom stereocenters. The van der Waals surface area contributed by atoms with Crippen LogP contribution in [0.5, 0.6) is 0 Å². The van der Waals surface area contributed by atoms with Crippen LogP contribution in [-0.4, -0.2) is 5.75 Å². The Bertz CT molecular complexity index is 469. The molecule has 0 aromatic heterocycles. The molecule has 289 valence electrons. The number of thioether (sulfide) groups is 1. The predicted molar refractivity (Wildman–Crippen MR) is 227 cm³/mol. The van der Waals surface area contributed by atoms with Crippen molar-refractivity contribution < 1.29 is 0 Å². The molecule has 0 nitrogen and oxygen atoms in total. The molecule has 0 saturated carbocycles. The van der Waals surface area contributed by atoms with Gasteiger partial charge in [-0.2, -0.15) is 11.8 Å². The highest BCUT2D eigenvalue weighted by Crippen LogP contribution is 2.19. The maximum Gasteiger partial charge on any atom is 0.0166 e. The second-order valence-electron chi connectivity index (χ2n) is 16.0. The van der Waals surface area contributed by atoms with Crippen LogP contribution >= 0.6 is 11.8 Å². The van der Waals surface area contributed by atoms with E-state index < -0.39 is 0 Å². The number of unbranched alkanes of at least 4 members (excludes halogenated alkanes) is 41. The van der Waals surface area contributed by atoms with E-state index in [-0.39, 0.29) is 0 Å². The summed E-state index contributed by atoms with van der Waals surface area (Å²) in [6, 6.07) is 0. The Hall–Kier alpha value is 0.350. The smallest absolute Gasteiger partial charge is 0.0166 e. The van der Waals surface area contributed by atoms with Gasteiger partial charge in [0.1, 0.15) is 0 Å². The summed E-state index contributed by atoms with van der Waals surface area (Å²) in [6.45, 7) is 4.62. The van der Waals surface area contributed by atoms with Crippen LogP contribution in [0.1, 0.15) is 290 Å². The molecule has 0 saturated heterocycles. The first kappa shape index (κ1) is 48.3. The van der Waals surface area contributed by atoms with Gasteiger partial charge < -0.3 is 0 Å². The number of hydrogen-bond donors (Lipinski definition) is 0. The molecule has 0 N–H and O–H groups in total. The van der Waals surface area contributed by atoms with Crippen molar-refractivity contribution in [1.29, 1.82) is 0 Å². The Kier molecular flexibility index (Phi) is 47.7. The van der Waals surface area contributed by atoms with E-state index in [0.717, 1.165) is 0 Å². The van der Waals surface area contributed by atoms with Crippen LogP contribution in [0, 0.1) is 5.75 Å². The maximum absolute atomic E-state index is 2.52. The molecule has 0 aromatic carbocycles. The summed E-state index contributed by atoms with van der Waals surface area (Å²) in [4.78, 5) is 0. The van der Waals surface area contributed by atoms with Gasteiger partial charge >= 0.3 is 0 Å². The molecular formula is C47H95S. The third kappa shape index (κ3) is 46.4. The van der Waals surface area contributed by atoms with Crippen LogP contribution in [0.4, 0.5) is 0 Å². The molecule has 0 aromatic rings. The van der Waals surface area contributed by atoms with Crippen LogP contribution < -0.4 is 0 Å². The summed E-state index contributed by atoms with van der Waals surface area (Å²) in [5.41, 5.74) is 0. The lowest BCUT2D eigenvalue weighted by Gasteiger charge is -2.05. The van der Waals surface area contributed by atoms with Gasteiger partial charge in [-0.15, -0.1) is 0 Å². The summed E-state index contributed by atoms with van der Waals surface area (Å²) in [5.74, 6) is 3.88. The minimum atomic E-state index is 1.34. The van der Waals surface area contributed by atoms with Crippen molar-refractivity contribution in [1.82, 2.24) is 0 Å². The topological polar surface area (TPSA) is 0 Å². The fraction of sp³-hybridized carbons (Fsp3) is 0.979. The van der Waals surface area contributed by atoms with E-state index in [4.69, 9.17) is 0 Å². The zero-order valence-corrected chi connectivity index (χ0v) is 34.9. The first-order valence-electron chi connectivity index (χ1n) is 23.3. The number of hydrogen-bond acceptors (Lipinski definition) is 1. The second kappa shape index (κ2) is 47.4. The van der Waals surface area contributed by atoms with Crippen LogP contribution in [0.3, 0.4) is 0 Å². The highest BCUT2D eigenvalue weighted by atomic mass is 32.2. The van der Waals surface area contributed by atoms with E-state index in [1.165, 1.54) is 282 Å². The zero-order valence-electron chi connectivity index (χ0n) is 34.1. The molecular weight excluding hydrogens is 597 g/mol. The molecule has 0 bridgehead atoms. The van der Waals surface area contributed by atoms with Gasteiger partial charge in [0.25, 0.3) is 0 Å². The highest BCUT2D eigenvalue weighted by molar-refractivity contribution is 8.01. The van der Waals surface area contributed by atoms with Crippen molar-refractivity contribution in [2.24, 2.45) is 0 Å². The maximum atomic E-state index is 2.52. The van der Waals surface area contributed by atoms with Gasteiger partial charge in [-0.25, -0.2) is 0 Å². The summed E-state index contributed by atoms with van der Waals surface area (Å²) >= 11 is 2.11. The van der Waals surface area contributed by atoms with Crippen molar-refractivity contribution in [3.63, 3.8) is 0 Å². The third-order valence-electron chi connectivity index (χ3n) is 10.9. The molecule has 0 atom stereocenters. The molecule has 0 fully saturated rings. The Morgan fingerprint density at radius 1 is 0.229 bits per heavy atom. The Labute approximate surface area is 312 Å². The molecule has 0 rings (SSSR count). The van der Waals surface area contributed by atoms with Crippen molar-refractivity contribution in [2.75, 3.05) is 5.75 Å². The van der Waals surface area contributed by atoms with Crippen LogP contribution in [-0.2, 0) is 0 Å². The summed E-state index contributed by atoms with van der Waals surface area (Å²) in [7, 11) is 0.